The number of hydrogen-bond acceptors (Lipinski definition) is 5. The van der Waals surface area contributed by atoms with Crippen LogP contribution in [-0.4, -0.2) is 29.8 Å². The Morgan fingerprint density at radius 2 is 2.05 bits per heavy atom. The summed E-state index contributed by atoms with van der Waals surface area (Å²) in [6.45, 7) is 7.30. The van der Waals surface area contributed by atoms with E-state index in [4.69, 9.17) is 9.26 Å². The topological polar surface area (TPSA) is 60.2 Å². The van der Waals surface area contributed by atoms with Crippen molar-refractivity contribution in [2.45, 2.75) is 64.5 Å². The van der Waals surface area contributed by atoms with Gasteiger partial charge in [0.25, 0.3) is 0 Å². The lowest BCUT2D eigenvalue weighted by Crippen LogP contribution is -2.33. The molecule has 0 bridgehead atoms. The maximum atomic E-state index is 5.65. The van der Waals surface area contributed by atoms with Crippen LogP contribution in [0.2, 0.25) is 0 Å². The van der Waals surface area contributed by atoms with Gasteiger partial charge in [0, 0.05) is 19.6 Å². The summed E-state index contributed by atoms with van der Waals surface area (Å²) in [6.07, 6.45) is 5.13. The maximum Gasteiger partial charge on any atom is 0.228 e. The van der Waals surface area contributed by atoms with Crippen molar-refractivity contribution in [3.63, 3.8) is 0 Å². The van der Waals surface area contributed by atoms with E-state index in [2.05, 4.69) is 36.2 Å². The van der Waals surface area contributed by atoms with Crippen LogP contribution in [0.3, 0.4) is 0 Å². The highest BCUT2D eigenvalue weighted by molar-refractivity contribution is 5.02. The van der Waals surface area contributed by atoms with Crippen LogP contribution in [0.4, 0.5) is 0 Å². The molecule has 0 amide bonds. The van der Waals surface area contributed by atoms with Gasteiger partial charge in [0.05, 0.1) is 0 Å². The van der Waals surface area contributed by atoms with E-state index in [1.807, 2.05) is 0 Å². The second kappa shape index (κ2) is 6.68. The minimum Gasteiger partial charge on any atom is -0.370 e. The Kier molecular flexibility index (Phi) is 5.16. The third-order valence-electron chi connectivity index (χ3n) is 4.46. The predicted octanol–water partition coefficient (Wildman–Crippen LogP) is 2.66. The third kappa shape index (κ3) is 3.20. The lowest BCUT2D eigenvalue weighted by Gasteiger charge is -2.25. The van der Waals surface area contributed by atoms with Crippen LogP contribution in [0.5, 0.6) is 0 Å². The summed E-state index contributed by atoms with van der Waals surface area (Å²) in [4.78, 5) is 4.58. The van der Waals surface area contributed by atoms with Gasteiger partial charge in [-0.1, -0.05) is 25.9 Å². The molecule has 1 aromatic rings. The molecule has 20 heavy (non-hydrogen) atoms. The highest BCUT2D eigenvalue weighted by Gasteiger charge is 2.35. The number of likely N-dealkylation sites (N-methyl/N-ethyl adjacent to an activating group) is 1. The molecule has 2 rings (SSSR count). The molecule has 1 aliphatic carbocycles. The van der Waals surface area contributed by atoms with E-state index in [0.29, 0.717) is 11.9 Å². The molecule has 114 valence electrons. The van der Waals surface area contributed by atoms with Crippen molar-refractivity contribution in [3.05, 3.63) is 11.7 Å². The van der Waals surface area contributed by atoms with Crippen molar-refractivity contribution >= 4 is 0 Å². The zero-order valence-corrected chi connectivity index (χ0v) is 13.1. The summed E-state index contributed by atoms with van der Waals surface area (Å²) in [5.74, 6) is 2.18. The fraction of sp³-hybridized carbons (Fsp3) is 0.867. The second-order valence-electron chi connectivity index (χ2n) is 5.62. The van der Waals surface area contributed by atoms with E-state index in [0.717, 1.165) is 37.6 Å². The summed E-state index contributed by atoms with van der Waals surface area (Å²) in [5, 5.41) is 7.68. The first-order valence-corrected chi connectivity index (χ1v) is 7.80. The summed E-state index contributed by atoms with van der Waals surface area (Å²) >= 11 is 0. The molecule has 1 fully saturated rings. The van der Waals surface area contributed by atoms with E-state index in [1.165, 1.54) is 12.8 Å². The first kappa shape index (κ1) is 15.4. The van der Waals surface area contributed by atoms with Gasteiger partial charge in [-0.15, -0.1) is 0 Å². The minimum atomic E-state index is -0.408. The molecule has 0 spiro atoms. The number of nitrogens with zero attached hydrogens (tertiary/aromatic N) is 2. The van der Waals surface area contributed by atoms with Crippen molar-refractivity contribution < 1.29 is 9.26 Å². The van der Waals surface area contributed by atoms with Gasteiger partial charge in [-0.2, -0.15) is 4.98 Å². The Morgan fingerprint density at radius 3 is 2.55 bits per heavy atom. The van der Waals surface area contributed by atoms with Crippen LogP contribution in [0.15, 0.2) is 4.52 Å². The molecule has 1 aromatic heterocycles. The molecule has 1 aliphatic rings. The van der Waals surface area contributed by atoms with Crippen LogP contribution in [0.25, 0.3) is 0 Å². The monoisotopic (exact) mass is 281 g/mol. The van der Waals surface area contributed by atoms with Gasteiger partial charge in [0.2, 0.25) is 11.7 Å². The number of aromatic nitrogens is 2. The molecule has 0 aromatic carbocycles. The Hall–Kier alpha value is -0.940. The number of methoxy groups -OCH3 is 1. The number of rotatable bonds is 9. The molecule has 1 N–H and O–H groups in total. The van der Waals surface area contributed by atoms with Gasteiger partial charge in [-0.25, -0.2) is 0 Å². The van der Waals surface area contributed by atoms with E-state index in [-0.39, 0.29) is 0 Å². The van der Waals surface area contributed by atoms with Gasteiger partial charge >= 0.3 is 0 Å². The standard InChI is InChI=1S/C15H27N3O2/c1-5-15(6-2,19-4)14-17-13(20-18-14)10-12(16-7-3)11-8-9-11/h11-12,16H,5-10H2,1-4H3. The fourth-order valence-electron chi connectivity index (χ4n) is 2.82. The van der Waals surface area contributed by atoms with Crippen molar-refractivity contribution in [3.8, 4) is 0 Å². The van der Waals surface area contributed by atoms with Crippen molar-refractivity contribution in [2.24, 2.45) is 5.92 Å². The average Bonchev–Trinajstić information content (AvgIpc) is 3.22. The van der Waals surface area contributed by atoms with Gasteiger partial charge in [-0.3, -0.25) is 0 Å². The van der Waals surface area contributed by atoms with Crippen LogP contribution in [0, 0.1) is 5.92 Å². The summed E-state index contributed by atoms with van der Waals surface area (Å²) in [7, 11) is 1.72. The zero-order chi connectivity index (χ0) is 14.6. The summed E-state index contributed by atoms with van der Waals surface area (Å²) < 4.78 is 11.1. The van der Waals surface area contributed by atoms with Crippen LogP contribution in [0.1, 0.15) is 58.2 Å². The number of nitrogens with one attached hydrogen (secondary N) is 1. The van der Waals surface area contributed by atoms with E-state index >= 15 is 0 Å². The average molecular weight is 281 g/mol. The SMILES string of the molecule is CCNC(Cc1nc(C(CC)(CC)OC)no1)C1CC1. The number of ether oxygens (including phenoxy) is 1. The van der Waals surface area contributed by atoms with Crippen LogP contribution < -0.4 is 5.32 Å². The Balaban J connectivity index is 2.07. The minimum absolute atomic E-state index is 0.408. The Morgan fingerprint density at radius 1 is 1.35 bits per heavy atom. The first-order valence-electron chi connectivity index (χ1n) is 7.80. The lowest BCUT2D eigenvalue weighted by molar-refractivity contribution is -0.0306. The van der Waals surface area contributed by atoms with Gasteiger partial charge in [0.15, 0.2) is 0 Å². The quantitative estimate of drug-likeness (QED) is 0.754. The third-order valence-corrected chi connectivity index (χ3v) is 4.46. The summed E-state index contributed by atoms with van der Waals surface area (Å²) in [6, 6.07) is 0.466. The molecule has 1 unspecified atom stereocenters. The van der Waals surface area contributed by atoms with Gasteiger partial charge in [0.1, 0.15) is 5.60 Å². The molecule has 1 heterocycles. The number of hydrogen-bond donors (Lipinski definition) is 1. The van der Waals surface area contributed by atoms with Gasteiger partial charge in [-0.05, 0) is 38.1 Å². The molecular weight excluding hydrogens is 254 g/mol. The first-order chi connectivity index (χ1) is 9.69. The molecule has 0 aliphatic heterocycles. The zero-order valence-electron chi connectivity index (χ0n) is 13.1. The molecule has 1 saturated carbocycles. The fourth-order valence-corrected chi connectivity index (χ4v) is 2.82. The normalized spacial score (nSPS) is 17.4. The van der Waals surface area contributed by atoms with Gasteiger partial charge < -0.3 is 14.6 Å². The van der Waals surface area contributed by atoms with E-state index in [1.54, 1.807) is 7.11 Å². The molecule has 0 saturated heterocycles. The highest BCUT2D eigenvalue weighted by atomic mass is 16.5. The molecule has 5 heteroatoms. The highest BCUT2D eigenvalue weighted by Crippen LogP contribution is 2.34. The predicted molar refractivity (Wildman–Crippen MR) is 77.5 cm³/mol. The molecule has 5 nitrogen and oxygen atoms in total. The van der Waals surface area contributed by atoms with Crippen molar-refractivity contribution in [1.82, 2.24) is 15.5 Å². The summed E-state index contributed by atoms with van der Waals surface area (Å²) in [5.41, 5.74) is -0.408. The maximum absolute atomic E-state index is 5.65. The van der Waals surface area contributed by atoms with E-state index in [9.17, 15) is 0 Å². The molecule has 1 atom stereocenters. The second-order valence-corrected chi connectivity index (χ2v) is 5.62. The largest absolute Gasteiger partial charge is 0.370 e. The van der Waals surface area contributed by atoms with Crippen LogP contribution >= 0.6 is 0 Å². The van der Waals surface area contributed by atoms with Crippen molar-refractivity contribution in [1.29, 1.82) is 0 Å². The molecular formula is C15H27N3O2. The van der Waals surface area contributed by atoms with Crippen molar-refractivity contribution in [2.75, 3.05) is 13.7 Å². The van der Waals surface area contributed by atoms with E-state index < -0.39 is 5.60 Å². The lowest BCUT2D eigenvalue weighted by atomic mass is 9.96. The van der Waals surface area contributed by atoms with Crippen LogP contribution in [-0.2, 0) is 16.8 Å². The smallest absolute Gasteiger partial charge is 0.228 e. The Bertz CT molecular complexity index is 403. The Labute approximate surface area is 121 Å². The molecule has 0 radical (unpaired) electrons.